The minimum absolute atomic E-state index is 0.649. The molecule has 0 bridgehead atoms. The number of rotatable bonds is 10. The lowest BCUT2D eigenvalue weighted by atomic mass is 10.1. The van der Waals surface area contributed by atoms with E-state index in [1.807, 2.05) is 0 Å². The van der Waals surface area contributed by atoms with E-state index in [0.29, 0.717) is 6.04 Å². The second-order valence-corrected chi connectivity index (χ2v) is 6.39. The van der Waals surface area contributed by atoms with Gasteiger partial charge >= 0.3 is 0 Å². The summed E-state index contributed by atoms with van der Waals surface area (Å²) in [7, 11) is 0. The summed E-state index contributed by atoms with van der Waals surface area (Å²) in [6.45, 7) is 15.8. The van der Waals surface area contributed by atoms with Crippen molar-refractivity contribution >= 4 is 0 Å². The summed E-state index contributed by atoms with van der Waals surface area (Å²) >= 11 is 0. The molecule has 0 unspecified atom stereocenters. The maximum atomic E-state index is 5.78. The van der Waals surface area contributed by atoms with Gasteiger partial charge in [0.1, 0.15) is 0 Å². The first-order chi connectivity index (χ1) is 9.59. The normalized spacial score (nSPS) is 18.3. The zero-order chi connectivity index (χ0) is 14.8. The smallest absolute Gasteiger partial charge is 0.0707 e. The fourth-order valence-corrected chi connectivity index (χ4v) is 2.40. The number of nitrogens with zero attached hydrogens (tertiary/aromatic N) is 2. The van der Waals surface area contributed by atoms with Crippen molar-refractivity contribution in [1.82, 2.24) is 9.96 Å². The second-order valence-electron chi connectivity index (χ2n) is 6.39. The van der Waals surface area contributed by atoms with E-state index in [9.17, 15) is 0 Å². The van der Waals surface area contributed by atoms with Gasteiger partial charge < -0.3 is 4.74 Å². The van der Waals surface area contributed by atoms with Gasteiger partial charge in [-0.2, -0.15) is 5.06 Å². The van der Waals surface area contributed by atoms with Crippen molar-refractivity contribution in [3.8, 4) is 0 Å². The van der Waals surface area contributed by atoms with Crippen molar-refractivity contribution in [3.63, 3.8) is 0 Å². The molecule has 0 spiro atoms. The van der Waals surface area contributed by atoms with E-state index in [2.05, 4.69) is 37.7 Å². The van der Waals surface area contributed by atoms with Crippen LogP contribution in [0.2, 0.25) is 0 Å². The van der Waals surface area contributed by atoms with E-state index in [0.717, 1.165) is 58.3 Å². The Morgan fingerprint density at radius 2 is 1.50 bits per heavy atom. The van der Waals surface area contributed by atoms with Gasteiger partial charge in [-0.3, -0.25) is 9.74 Å². The molecule has 1 fully saturated rings. The molecular formula is C16H34N2O2. The van der Waals surface area contributed by atoms with Gasteiger partial charge in [-0.25, -0.2) is 0 Å². The topological polar surface area (TPSA) is 24.9 Å². The van der Waals surface area contributed by atoms with Gasteiger partial charge in [-0.1, -0.05) is 13.8 Å². The highest BCUT2D eigenvalue weighted by Gasteiger charge is 2.18. The Bertz CT molecular complexity index is 227. The van der Waals surface area contributed by atoms with E-state index in [1.54, 1.807) is 0 Å². The fraction of sp³-hybridized carbons (Fsp3) is 1.00. The molecule has 4 heteroatoms. The molecule has 1 rings (SSSR count). The highest BCUT2D eigenvalue weighted by molar-refractivity contribution is 4.70. The third kappa shape index (κ3) is 8.20. The molecule has 0 aliphatic carbocycles. The zero-order valence-corrected chi connectivity index (χ0v) is 13.9. The molecule has 0 saturated carbocycles. The van der Waals surface area contributed by atoms with Crippen LogP contribution in [0.15, 0.2) is 0 Å². The molecular weight excluding hydrogens is 252 g/mol. The van der Waals surface area contributed by atoms with Crippen molar-refractivity contribution in [1.29, 1.82) is 0 Å². The molecule has 0 atom stereocenters. The molecule has 0 radical (unpaired) electrons. The van der Waals surface area contributed by atoms with Gasteiger partial charge in [0.2, 0.25) is 0 Å². The van der Waals surface area contributed by atoms with Crippen molar-refractivity contribution in [2.45, 2.75) is 53.0 Å². The molecule has 20 heavy (non-hydrogen) atoms. The minimum atomic E-state index is 0.649. The molecule has 120 valence electrons. The average Bonchev–Trinajstić information content (AvgIpc) is 2.42. The van der Waals surface area contributed by atoms with Gasteiger partial charge in [0.15, 0.2) is 0 Å². The monoisotopic (exact) mass is 286 g/mol. The van der Waals surface area contributed by atoms with Crippen molar-refractivity contribution in [2.75, 3.05) is 46.0 Å². The van der Waals surface area contributed by atoms with Crippen LogP contribution in [-0.4, -0.2) is 62.0 Å². The molecule has 0 aromatic carbocycles. The largest absolute Gasteiger partial charge is 0.381 e. The number of hydroxylamine groups is 2. The lowest BCUT2D eigenvalue weighted by molar-refractivity contribution is -0.181. The van der Waals surface area contributed by atoms with E-state index >= 15 is 0 Å². The lowest BCUT2D eigenvalue weighted by Crippen LogP contribution is -2.48. The van der Waals surface area contributed by atoms with Crippen LogP contribution in [-0.2, 0) is 9.57 Å². The summed E-state index contributed by atoms with van der Waals surface area (Å²) < 4.78 is 5.62. The van der Waals surface area contributed by atoms with Gasteiger partial charge in [-0.15, -0.1) is 0 Å². The predicted molar refractivity (Wildman–Crippen MR) is 83.7 cm³/mol. The Morgan fingerprint density at radius 3 is 2.10 bits per heavy atom. The van der Waals surface area contributed by atoms with E-state index < -0.39 is 0 Å². The quantitative estimate of drug-likeness (QED) is 0.577. The zero-order valence-electron chi connectivity index (χ0n) is 13.9. The van der Waals surface area contributed by atoms with Crippen LogP contribution in [0.25, 0.3) is 0 Å². The number of hydrogen-bond donors (Lipinski definition) is 0. The Hall–Kier alpha value is -0.160. The molecule has 0 aromatic rings. The number of ether oxygens (including phenoxy) is 1. The Balaban J connectivity index is 1.88. The third-order valence-electron chi connectivity index (χ3n) is 3.78. The molecule has 0 N–H and O–H groups in total. The molecule has 1 saturated heterocycles. The van der Waals surface area contributed by atoms with Crippen molar-refractivity contribution < 1.29 is 9.57 Å². The Morgan fingerprint density at radius 1 is 0.850 bits per heavy atom. The standard InChI is InChI=1S/C16H34N2O2/c1-15(2)7-5-12-19-13-6-14-20-18-10-8-17(9-11-18)16(3)4/h15-16H,5-14H2,1-4H3. The molecule has 4 nitrogen and oxygen atoms in total. The van der Waals surface area contributed by atoms with Crippen LogP contribution in [0.4, 0.5) is 0 Å². The van der Waals surface area contributed by atoms with Crippen molar-refractivity contribution in [3.05, 3.63) is 0 Å². The third-order valence-corrected chi connectivity index (χ3v) is 3.78. The van der Waals surface area contributed by atoms with Crippen LogP contribution < -0.4 is 0 Å². The van der Waals surface area contributed by atoms with Gasteiger partial charge in [-0.05, 0) is 39.0 Å². The van der Waals surface area contributed by atoms with Crippen LogP contribution in [0.3, 0.4) is 0 Å². The highest BCUT2D eigenvalue weighted by atomic mass is 16.7. The maximum Gasteiger partial charge on any atom is 0.0707 e. The first-order valence-electron chi connectivity index (χ1n) is 8.29. The minimum Gasteiger partial charge on any atom is -0.381 e. The number of hydrogen-bond acceptors (Lipinski definition) is 4. The number of piperazine rings is 1. The van der Waals surface area contributed by atoms with E-state index in [1.165, 1.54) is 12.8 Å². The fourth-order valence-electron chi connectivity index (χ4n) is 2.40. The highest BCUT2D eigenvalue weighted by Crippen LogP contribution is 2.06. The van der Waals surface area contributed by atoms with E-state index in [-0.39, 0.29) is 0 Å². The first kappa shape index (κ1) is 17.9. The maximum absolute atomic E-state index is 5.78. The van der Waals surface area contributed by atoms with Crippen LogP contribution in [0, 0.1) is 5.92 Å². The summed E-state index contributed by atoms with van der Waals surface area (Å²) in [5, 5.41) is 2.11. The van der Waals surface area contributed by atoms with E-state index in [4.69, 9.17) is 9.57 Å². The first-order valence-corrected chi connectivity index (χ1v) is 8.29. The average molecular weight is 286 g/mol. The molecule has 1 aliphatic heterocycles. The van der Waals surface area contributed by atoms with Crippen LogP contribution in [0.1, 0.15) is 47.0 Å². The SMILES string of the molecule is CC(C)CCCOCCCON1CCN(C(C)C)CC1. The Labute approximate surface area is 125 Å². The lowest BCUT2D eigenvalue weighted by Gasteiger charge is -2.36. The molecule has 0 amide bonds. The van der Waals surface area contributed by atoms with Crippen molar-refractivity contribution in [2.24, 2.45) is 5.92 Å². The summed E-state index contributed by atoms with van der Waals surface area (Å²) in [6.07, 6.45) is 3.43. The summed E-state index contributed by atoms with van der Waals surface area (Å²) in [4.78, 5) is 8.28. The van der Waals surface area contributed by atoms with Crippen LogP contribution >= 0.6 is 0 Å². The van der Waals surface area contributed by atoms with Gasteiger partial charge in [0.25, 0.3) is 0 Å². The van der Waals surface area contributed by atoms with Crippen LogP contribution in [0.5, 0.6) is 0 Å². The summed E-state index contributed by atoms with van der Waals surface area (Å²) in [5.74, 6) is 0.784. The predicted octanol–water partition coefficient (Wildman–Crippen LogP) is 2.79. The molecule has 0 aromatic heterocycles. The second kappa shape index (κ2) is 10.6. The molecule has 1 heterocycles. The van der Waals surface area contributed by atoms with Gasteiger partial charge in [0, 0.05) is 45.4 Å². The van der Waals surface area contributed by atoms with Gasteiger partial charge in [0.05, 0.1) is 6.61 Å². The summed E-state index contributed by atoms with van der Waals surface area (Å²) in [6, 6.07) is 0.649. The summed E-state index contributed by atoms with van der Waals surface area (Å²) in [5.41, 5.74) is 0. The Kier molecular flexibility index (Phi) is 9.44. The molecule has 1 aliphatic rings.